The fourth-order valence-corrected chi connectivity index (χ4v) is 6.32. The minimum Gasteiger partial charge on any atom is -0.465 e. The maximum atomic E-state index is 14.2. The van der Waals surface area contributed by atoms with Gasteiger partial charge in [-0.05, 0) is 31.9 Å². The number of carbonyl (C=O) groups excluding carboxylic acids is 3. The average molecular weight is 487 g/mol. The summed E-state index contributed by atoms with van der Waals surface area (Å²) in [5, 5.41) is 10.2. The predicted octanol–water partition coefficient (Wildman–Crippen LogP) is 2.02. The first kappa shape index (κ1) is 23.1. The number of hydrogen-bond acceptors (Lipinski definition) is 6. The lowest BCUT2D eigenvalue weighted by Gasteiger charge is -2.37. The van der Waals surface area contributed by atoms with Crippen LogP contribution in [0, 0.1) is 18.8 Å². The molecule has 5 atom stereocenters. The number of aryl methyl sites for hydroxylation is 1. The number of aliphatic hydroxyl groups excluding tert-OH is 1. The second-order valence-electron chi connectivity index (χ2n) is 9.37. The third kappa shape index (κ3) is 3.16. The Morgan fingerprint density at radius 1 is 1.15 bits per heavy atom. The summed E-state index contributed by atoms with van der Waals surface area (Å²) < 4.78 is 12.1. The number of esters is 1. The van der Waals surface area contributed by atoms with Crippen molar-refractivity contribution in [1.82, 2.24) is 4.90 Å². The summed E-state index contributed by atoms with van der Waals surface area (Å²) in [5.41, 5.74) is -1.14. The first-order valence-electron chi connectivity index (χ1n) is 11.5. The lowest BCUT2D eigenvalue weighted by atomic mass is 9.74. The number of benzene rings is 1. The monoisotopic (exact) mass is 486 g/mol. The van der Waals surface area contributed by atoms with Gasteiger partial charge in [0.25, 0.3) is 5.91 Å². The van der Waals surface area contributed by atoms with Crippen molar-refractivity contribution in [2.75, 3.05) is 31.2 Å². The molecule has 0 aliphatic carbocycles. The van der Waals surface area contributed by atoms with Crippen LogP contribution in [0.4, 0.5) is 5.69 Å². The molecule has 4 aliphatic heterocycles. The third-order valence-electron chi connectivity index (χ3n) is 7.32. The molecule has 1 spiro atoms. The number of likely N-dealkylation sites (tertiary alicyclic amines) is 1. The zero-order valence-electron chi connectivity index (χ0n) is 19.1. The highest BCUT2D eigenvalue weighted by Gasteiger charge is 2.74. The number of halogens is 1. The molecule has 0 saturated carbocycles. The Kier molecular flexibility index (Phi) is 5.58. The van der Waals surface area contributed by atoms with Crippen LogP contribution >= 0.6 is 11.6 Å². The Labute approximate surface area is 202 Å². The molecule has 2 fully saturated rings. The quantitative estimate of drug-likeness (QED) is 0.518. The molecule has 180 valence electrons. The Morgan fingerprint density at radius 2 is 1.94 bits per heavy atom. The SMILES string of the molecule is Cc1cccc(Cl)c1N1CC=C[C@]23O[C@@]4(C)C=CCCOC(=O)[C@H]4[C@H]2C(=O)N(CCO)C3C1=O. The van der Waals surface area contributed by atoms with E-state index in [1.165, 1.54) is 4.90 Å². The van der Waals surface area contributed by atoms with Crippen molar-refractivity contribution < 1.29 is 29.0 Å². The van der Waals surface area contributed by atoms with Gasteiger partial charge in [-0.3, -0.25) is 14.4 Å². The van der Waals surface area contributed by atoms with Gasteiger partial charge in [-0.1, -0.05) is 48.0 Å². The van der Waals surface area contributed by atoms with Crippen molar-refractivity contribution in [2.24, 2.45) is 11.8 Å². The number of β-amino-alcohol motifs (C(OH)–C–C–N with tert-alkyl or cyclic N) is 1. The fraction of sp³-hybridized carbons (Fsp3) is 0.480. The summed E-state index contributed by atoms with van der Waals surface area (Å²) in [6, 6.07) is 4.31. The van der Waals surface area contributed by atoms with Gasteiger partial charge in [0.2, 0.25) is 5.91 Å². The van der Waals surface area contributed by atoms with Crippen molar-refractivity contribution in [2.45, 2.75) is 37.5 Å². The number of hydrogen-bond donors (Lipinski definition) is 1. The molecule has 1 unspecified atom stereocenters. The highest BCUT2D eigenvalue weighted by molar-refractivity contribution is 6.34. The number of carbonyl (C=O) groups is 3. The van der Waals surface area contributed by atoms with E-state index in [4.69, 9.17) is 21.1 Å². The Morgan fingerprint density at radius 3 is 2.68 bits per heavy atom. The van der Waals surface area contributed by atoms with Crippen molar-refractivity contribution in [1.29, 1.82) is 0 Å². The summed E-state index contributed by atoms with van der Waals surface area (Å²) in [7, 11) is 0. The van der Waals surface area contributed by atoms with Crippen LogP contribution in [0.3, 0.4) is 0 Å². The lowest BCUT2D eigenvalue weighted by Crippen LogP contribution is -2.56. The van der Waals surface area contributed by atoms with E-state index in [9.17, 15) is 19.5 Å². The normalized spacial score (nSPS) is 34.8. The number of ether oxygens (including phenoxy) is 2. The number of aliphatic hydroxyl groups is 1. The molecule has 4 aliphatic rings. The van der Waals surface area contributed by atoms with E-state index in [1.54, 1.807) is 30.0 Å². The van der Waals surface area contributed by atoms with Gasteiger partial charge in [-0.25, -0.2) is 0 Å². The molecule has 34 heavy (non-hydrogen) atoms. The maximum Gasteiger partial charge on any atom is 0.313 e. The number of rotatable bonds is 3. The topological polar surface area (TPSA) is 96.4 Å². The van der Waals surface area contributed by atoms with Crippen LogP contribution in [0.15, 0.2) is 42.5 Å². The summed E-state index contributed by atoms with van der Waals surface area (Å²) in [6.07, 6.45) is 7.77. The number of amides is 2. The van der Waals surface area contributed by atoms with E-state index < -0.39 is 41.0 Å². The number of nitrogens with zero attached hydrogens (tertiary/aromatic N) is 2. The smallest absolute Gasteiger partial charge is 0.313 e. The molecular formula is C25H27ClN2O6. The molecule has 1 aromatic carbocycles. The molecule has 2 saturated heterocycles. The maximum absolute atomic E-state index is 14.2. The van der Waals surface area contributed by atoms with Gasteiger partial charge in [0.15, 0.2) is 0 Å². The van der Waals surface area contributed by atoms with Crippen molar-refractivity contribution in [3.05, 3.63) is 53.1 Å². The van der Waals surface area contributed by atoms with Crippen LogP contribution in [-0.2, 0) is 23.9 Å². The lowest BCUT2D eigenvalue weighted by molar-refractivity contribution is -0.159. The van der Waals surface area contributed by atoms with Gasteiger partial charge in [0.05, 0.1) is 35.4 Å². The van der Waals surface area contributed by atoms with Crippen molar-refractivity contribution >= 4 is 35.1 Å². The summed E-state index contributed by atoms with van der Waals surface area (Å²) >= 11 is 6.50. The molecule has 1 aromatic rings. The molecule has 0 aromatic heterocycles. The molecule has 1 N–H and O–H groups in total. The van der Waals surface area contributed by atoms with Crippen LogP contribution in [-0.4, -0.2) is 71.3 Å². The zero-order valence-corrected chi connectivity index (χ0v) is 19.8. The summed E-state index contributed by atoms with van der Waals surface area (Å²) in [4.78, 5) is 44.0. The minimum atomic E-state index is -1.39. The molecule has 2 amide bonds. The molecule has 8 nitrogen and oxygen atoms in total. The molecule has 9 heteroatoms. The Bertz CT molecular complexity index is 1100. The number of cyclic esters (lactones) is 1. The van der Waals surface area contributed by atoms with E-state index in [0.29, 0.717) is 17.1 Å². The number of anilines is 1. The minimum absolute atomic E-state index is 0.0612. The predicted molar refractivity (Wildman–Crippen MR) is 124 cm³/mol. The number of fused-ring (bicyclic) bond motifs is 2. The van der Waals surface area contributed by atoms with Crippen LogP contribution in [0.25, 0.3) is 0 Å². The molecule has 0 bridgehead atoms. The average Bonchev–Trinajstić information content (AvgIpc) is 3.09. The van der Waals surface area contributed by atoms with E-state index >= 15 is 0 Å². The first-order valence-corrected chi connectivity index (χ1v) is 11.8. The van der Waals surface area contributed by atoms with Gasteiger partial charge in [-0.15, -0.1) is 0 Å². The van der Waals surface area contributed by atoms with Gasteiger partial charge in [0.1, 0.15) is 17.6 Å². The van der Waals surface area contributed by atoms with Crippen molar-refractivity contribution in [3.8, 4) is 0 Å². The third-order valence-corrected chi connectivity index (χ3v) is 7.62. The zero-order chi connectivity index (χ0) is 24.3. The molecule has 0 radical (unpaired) electrons. The highest BCUT2D eigenvalue weighted by Crippen LogP contribution is 2.57. The largest absolute Gasteiger partial charge is 0.465 e. The summed E-state index contributed by atoms with van der Waals surface area (Å²) in [6.45, 7) is 3.67. The van der Waals surface area contributed by atoms with Crippen LogP contribution in [0.5, 0.6) is 0 Å². The van der Waals surface area contributed by atoms with Gasteiger partial charge < -0.3 is 24.4 Å². The Hall–Kier alpha value is -2.68. The van der Waals surface area contributed by atoms with Gasteiger partial charge in [-0.2, -0.15) is 0 Å². The standard InChI is InChI=1S/C25H27ClN2O6/c1-15-7-5-8-16(26)19(15)27-11-6-10-25-17(21(30)28(12-13-29)20(25)22(27)31)18-23(32)33-14-4-3-9-24(18,2)34-25/h3,5-10,17-18,20,29H,4,11-14H2,1-2H3/t17-,18+,20?,24-,25-/m0/s1. The Balaban J connectivity index is 1.67. The summed E-state index contributed by atoms with van der Waals surface area (Å²) in [5.74, 6) is -3.18. The second kappa shape index (κ2) is 8.22. The molecular weight excluding hydrogens is 460 g/mol. The van der Waals surface area contributed by atoms with Crippen LogP contribution in [0.1, 0.15) is 18.9 Å². The van der Waals surface area contributed by atoms with Crippen LogP contribution in [0.2, 0.25) is 5.02 Å². The molecule has 4 heterocycles. The van der Waals surface area contributed by atoms with E-state index in [1.807, 2.05) is 31.2 Å². The fourth-order valence-electron chi connectivity index (χ4n) is 6.00. The van der Waals surface area contributed by atoms with E-state index in [-0.39, 0.29) is 32.2 Å². The first-order chi connectivity index (χ1) is 16.2. The van der Waals surface area contributed by atoms with Gasteiger partial charge >= 0.3 is 5.97 Å². The second-order valence-corrected chi connectivity index (χ2v) is 9.77. The van der Waals surface area contributed by atoms with Gasteiger partial charge in [0, 0.05) is 13.1 Å². The number of para-hydroxylation sites is 1. The van der Waals surface area contributed by atoms with Crippen LogP contribution < -0.4 is 4.90 Å². The molecule has 5 rings (SSSR count). The van der Waals surface area contributed by atoms with Crippen molar-refractivity contribution in [3.63, 3.8) is 0 Å². The van der Waals surface area contributed by atoms with E-state index in [0.717, 1.165) is 5.56 Å². The highest BCUT2D eigenvalue weighted by atomic mass is 35.5. The van der Waals surface area contributed by atoms with E-state index in [2.05, 4.69) is 0 Å².